The van der Waals surface area contributed by atoms with Crippen LogP contribution in [0.4, 0.5) is 0 Å². The summed E-state index contributed by atoms with van der Waals surface area (Å²) in [4.78, 5) is 0. The number of ether oxygens (including phenoxy) is 1. The van der Waals surface area contributed by atoms with Crippen molar-refractivity contribution in [2.75, 3.05) is 13.7 Å². The van der Waals surface area contributed by atoms with Crippen molar-refractivity contribution in [3.05, 3.63) is 41.7 Å². The van der Waals surface area contributed by atoms with Gasteiger partial charge in [-0.3, -0.25) is 0 Å². The molecule has 1 aromatic carbocycles. The van der Waals surface area contributed by atoms with Crippen molar-refractivity contribution in [3.8, 4) is 5.75 Å². The molecule has 0 fully saturated rings. The Bertz CT molecular complexity index is 642. The molecule has 3 nitrogen and oxygen atoms in total. The average molecular weight is 285 g/mol. The first kappa shape index (κ1) is 14.2. The van der Waals surface area contributed by atoms with Crippen LogP contribution in [0.3, 0.4) is 0 Å². The van der Waals surface area contributed by atoms with Crippen LogP contribution < -0.4 is 10.1 Å². The fourth-order valence-electron chi connectivity index (χ4n) is 2.94. The van der Waals surface area contributed by atoms with Crippen molar-refractivity contribution < 1.29 is 9.15 Å². The summed E-state index contributed by atoms with van der Waals surface area (Å²) in [5.41, 5.74) is 2.43. The Hall–Kier alpha value is -1.74. The molecule has 0 saturated heterocycles. The Morgan fingerprint density at radius 3 is 3.05 bits per heavy atom. The number of benzene rings is 1. The van der Waals surface area contributed by atoms with E-state index in [2.05, 4.69) is 30.4 Å². The van der Waals surface area contributed by atoms with E-state index in [9.17, 15) is 0 Å². The number of allylic oxidation sites excluding steroid dienone is 1. The molecule has 21 heavy (non-hydrogen) atoms. The van der Waals surface area contributed by atoms with Gasteiger partial charge in [0.05, 0.1) is 13.2 Å². The fraction of sp³-hybridized carbons (Fsp3) is 0.444. The van der Waals surface area contributed by atoms with Crippen LogP contribution in [-0.4, -0.2) is 13.7 Å². The first-order chi connectivity index (χ1) is 10.3. The van der Waals surface area contributed by atoms with Gasteiger partial charge < -0.3 is 14.5 Å². The summed E-state index contributed by atoms with van der Waals surface area (Å²) in [5, 5.41) is 4.64. The molecule has 1 N–H and O–H groups in total. The third-order valence-electron chi connectivity index (χ3n) is 4.21. The molecule has 1 atom stereocenters. The van der Waals surface area contributed by atoms with Gasteiger partial charge in [-0.1, -0.05) is 23.8 Å². The Morgan fingerprint density at radius 2 is 2.29 bits per heavy atom. The standard InChI is InChI=1S/C18H23NO2/c1-13(19-11-10-14-6-3-4-7-14)17-12-15-8-5-9-16(20-2)18(15)21-17/h5-6,8-9,12-13,19H,3-4,7,10-11H2,1-2H3. The number of hydrogen-bond donors (Lipinski definition) is 1. The molecule has 0 saturated carbocycles. The maximum Gasteiger partial charge on any atom is 0.176 e. The molecule has 0 aliphatic heterocycles. The lowest BCUT2D eigenvalue weighted by Crippen LogP contribution is -2.19. The van der Waals surface area contributed by atoms with Gasteiger partial charge in [0.25, 0.3) is 0 Å². The molecule has 0 spiro atoms. The molecular weight excluding hydrogens is 262 g/mol. The van der Waals surface area contributed by atoms with E-state index in [1.807, 2.05) is 12.1 Å². The van der Waals surface area contributed by atoms with E-state index < -0.39 is 0 Å². The Kier molecular flexibility index (Phi) is 4.30. The van der Waals surface area contributed by atoms with Gasteiger partial charge in [0, 0.05) is 5.39 Å². The SMILES string of the molecule is COc1cccc2cc(C(C)NCCC3=CCCC3)oc12. The van der Waals surface area contributed by atoms with Crippen molar-refractivity contribution in [1.82, 2.24) is 5.32 Å². The van der Waals surface area contributed by atoms with Crippen molar-refractivity contribution >= 4 is 11.0 Å². The summed E-state index contributed by atoms with van der Waals surface area (Å²) in [6, 6.07) is 8.29. The van der Waals surface area contributed by atoms with Crippen molar-refractivity contribution in [2.24, 2.45) is 0 Å². The predicted molar refractivity (Wildman–Crippen MR) is 85.7 cm³/mol. The third kappa shape index (κ3) is 3.13. The number of para-hydroxylation sites is 1. The number of rotatable bonds is 6. The molecule has 3 heteroatoms. The molecule has 1 heterocycles. The van der Waals surface area contributed by atoms with Gasteiger partial charge in [-0.25, -0.2) is 0 Å². The molecule has 1 aliphatic carbocycles. The second-order valence-corrected chi connectivity index (χ2v) is 5.71. The summed E-state index contributed by atoms with van der Waals surface area (Å²) in [7, 11) is 1.67. The van der Waals surface area contributed by atoms with Crippen LogP contribution in [0.5, 0.6) is 5.75 Å². The van der Waals surface area contributed by atoms with Gasteiger partial charge in [0.2, 0.25) is 0 Å². The van der Waals surface area contributed by atoms with Crippen LogP contribution in [0, 0.1) is 0 Å². The maximum absolute atomic E-state index is 5.97. The first-order valence-electron chi connectivity index (χ1n) is 7.75. The second-order valence-electron chi connectivity index (χ2n) is 5.71. The van der Waals surface area contributed by atoms with Crippen LogP contribution in [0.1, 0.15) is 44.4 Å². The Labute approximate surface area is 126 Å². The molecule has 1 unspecified atom stereocenters. The normalized spacial score (nSPS) is 16.2. The zero-order chi connectivity index (χ0) is 14.7. The van der Waals surface area contributed by atoms with E-state index in [4.69, 9.17) is 9.15 Å². The highest BCUT2D eigenvalue weighted by molar-refractivity contribution is 5.83. The van der Waals surface area contributed by atoms with Crippen molar-refractivity contribution in [1.29, 1.82) is 0 Å². The molecule has 112 valence electrons. The van der Waals surface area contributed by atoms with Crippen LogP contribution in [0.25, 0.3) is 11.0 Å². The summed E-state index contributed by atoms with van der Waals surface area (Å²) in [5.74, 6) is 1.76. The van der Waals surface area contributed by atoms with E-state index in [0.717, 1.165) is 35.4 Å². The summed E-state index contributed by atoms with van der Waals surface area (Å²) >= 11 is 0. The molecule has 1 aliphatic rings. The zero-order valence-corrected chi connectivity index (χ0v) is 12.8. The van der Waals surface area contributed by atoms with E-state index in [-0.39, 0.29) is 6.04 Å². The number of fused-ring (bicyclic) bond motifs is 1. The minimum atomic E-state index is 0.212. The van der Waals surface area contributed by atoms with Gasteiger partial charge >= 0.3 is 0 Å². The first-order valence-corrected chi connectivity index (χ1v) is 7.75. The highest BCUT2D eigenvalue weighted by Gasteiger charge is 2.14. The lowest BCUT2D eigenvalue weighted by Gasteiger charge is -2.11. The van der Waals surface area contributed by atoms with Gasteiger partial charge in [-0.05, 0) is 51.3 Å². The number of methoxy groups -OCH3 is 1. The lowest BCUT2D eigenvalue weighted by atomic mass is 10.1. The summed E-state index contributed by atoms with van der Waals surface area (Å²) < 4.78 is 11.3. The number of nitrogens with one attached hydrogen (secondary N) is 1. The van der Waals surface area contributed by atoms with Crippen LogP contribution in [0.2, 0.25) is 0 Å². The highest BCUT2D eigenvalue weighted by Crippen LogP contribution is 2.31. The predicted octanol–water partition coefficient (Wildman–Crippen LogP) is 4.59. The quantitative estimate of drug-likeness (QED) is 0.788. The third-order valence-corrected chi connectivity index (χ3v) is 4.21. The molecule has 0 bridgehead atoms. The van der Waals surface area contributed by atoms with E-state index in [1.165, 1.54) is 19.3 Å². The topological polar surface area (TPSA) is 34.4 Å². The number of hydrogen-bond acceptors (Lipinski definition) is 3. The molecule has 0 amide bonds. The molecular formula is C18H23NO2. The highest BCUT2D eigenvalue weighted by atomic mass is 16.5. The van der Waals surface area contributed by atoms with E-state index >= 15 is 0 Å². The fourth-order valence-corrected chi connectivity index (χ4v) is 2.94. The van der Waals surface area contributed by atoms with Gasteiger partial charge in [-0.2, -0.15) is 0 Å². The summed E-state index contributed by atoms with van der Waals surface area (Å²) in [6.45, 7) is 3.15. The minimum absolute atomic E-state index is 0.212. The maximum atomic E-state index is 5.97. The lowest BCUT2D eigenvalue weighted by molar-refractivity contribution is 0.400. The summed E-state index contributed by atoms with van der Waals surface area (Å²) in [6.07, 6.45) is 7.40. The molecule has 0 radical (unpaired) electrons. The van der Waals surface area contributed by atoms with Gasteiger partial charge in [-0.15, -0.1) is 0 Å². The van der Waals surface area contributed by atoms with Gasteiger partial charge in [0.15, 0.2) is 11.3 Å². The Balaban J connectivity index is 1.65. The average Bonchev–Trinajstić information content (AvgIpc) is 3.15. The zero-order valence-electron chi connectivity index (χ0n) is 12.8. The largest absolute Gasteiger partial charge is 0.493 e. The van der Waals surface area contributed by atoms with E-state index in [0.29, 0.717) is 0 Å². The second kappa shape index (κ2) is 6.35. The van der Waals surface area contributed by atoms with Crippen molar-refractivity contribution in [3.63, 3.8) is 0 Å². The Morgan fingerprint density at radius 1 is 1.38 bits per heavy atom. The number of furan rings is 1. The molecule has 1 aromatic heterocycles. The molecule has 2 aromatic rings. The monoisotopic (exact) mass is 285 g/mol. The van der Waals surface area contributed by atoms with Crippen LogP contribution in [0.15, 0.2) is 40.3 Å². The van der Waals surface area contributed by atoms with Gasteiger partial charge in [0.1, 0.15) is 5.76 Å². The minimum Gasteiger partial charge on any atom is -0.493 e. The molecule has 3 rings (SSSR count). The van der Waals surface area contributed by atoms with Crippen molar-refractivity contribution in [2.45, 2.75) is 38.6 Å². The van der Waals surface area contributed by atoms with E-state index in [1.54, 1.807) is 12.7 Å². The van der Waals surface area contributed by atoms with Crippen LogP contribution in [-0.2, 0) is 0 Å². The van der Waals surface area contributed by atoms with Crippen LogP contribution >= 0.6 is 0 Å². The smallest absolute Gasteiger partial charge is 0.176 e.